The fourth-order valence-corrected chi connectivity index (χ4v) is 4.20. The zero-order valence-electron chi connectivity index (χ0n) is 12.1. The number of anilines is 1. The van der Waals surface area contributed by atoms with Gasteiger partial charge in [-0.3, -0.25) is 0 Å². The average molecular weight is 298 g/mol. The summed E-state index contributed by atoms with van der Waals surface area (Å²) in [5, 5.41) is 0. The lowest BCUT2D eigenvalue weighted by molar-refractivity contribution is -0.0908. The van der Waals surface area contributed by atoms with Gasteiger partial charge < -0.3 is 10.5 Å². The Kier molecular flexibility index (Phi) is 4.09. The van der Waals surface area contributed by atoms with Crippen LogP contribution >= 0.6 is 0 Å². The van der Waals surface area contributed by atoms with Crippen LogP contribution in [0.3, 0.4) is 0 Å². The Labute approximate surface area is 120 Å². The largest absolute Gasteiger partial charge is 0.398 e. The van der Waals surface area contributed by atoms with Crippen molar-refractivity contribution in [3.63, 3.8) is 0 Å². The monoisotopic (exact) mass is 298 g/mol. The van der Waals surface area contributed by atoms with Crippen LogP contribution in [0.4, 0.5) is 5.69 Å². The third kappa shape index (κ3) is 2.97. The molecule has 2 unspecified atom stereocenters. The number of rotatable bonds is 5. The first-order chi connectivity index (χ1) is 9.26. The Morgan fingerprint density at radius 3 is 2.60 bits per heavy atom. The molecule has 20 heavy (non-hydrogen) atoms. The molecule has 112 valence electrons. The lowest BCUT2D eigenvalue weighted by atomic mass is 9.65. The molecule has 6 heteroatoms. The number of nitrogen functional groups attached to an aromatic ring is 1. The molecule has 0 radical (unpaired) electrons. The summed E-state index contributed by atoms with van der Waals surface area (Å²) in [7, 11) is -1.75. The van der Waals surface area contributed by atoms with Gasteiger partial charge >= 0.3 is 0 Å². The third-order valence-corrected chi connectivity index (χ3v) is 5.52. The molecule has 3 N–H and O–H groups in total. The first-order valence-corrected chi connectivity index (χ1v) is 8.27. The van der Waals surface area contributed by atoms with Crippen LogP contribution in [0.5, 0.6) is 0 Å². The van der Waals surface area contributed by atoms with Crippen molar-refractivity contribution in [3.05, 3.63) is 29.8 Å². The van der Waals surface area contributed by atoms with E-state index in [1.807, 2.05) is 13.8 Å². The maximum absolute atomic E-state index is 12.2. The number of nitrogens with two attached hydrogens (primary N) is 1. The molecule has 1 aliphatic rings. The molecule has 1 aromatic rings. The standard InChI is InChI=1S/C14H22N2O3S/c1-14(2)12(8-13(14)19-3)16-20(17,18)9-10-6-4-5-7-11(10)15/h4-7,12-13,16H,8-9,15H2,1-3H3. The second kappa shape index (κ2) is 5.35. The van der Waals surface area contributed by atoms with Gasteiger partial charge in [0.1, 0.15) is 0 Å². The highest BCUT2D eigenvalue weighted by atomic mass is 32.2. The van der Waals surface area contributed by atoms with Crippen LogP contribution in [0, 0.1) is 5.41 Å². The minimum absolute atomic E-state index is 0.0934. The van der Waals surface area contributed by atoms with Gasteiger partial charge in [-0.05, 0) is 18.1 Å². The highest BCUT2D eigenvalue weighted by Gasteiger charge is 2.49. The normalized spacial score (nSPS) is 25.1. The molecule has 1 aromatic carbocycles. The van der Waals surface area contributed by atoms with Crippen LogP contribution in [-0.4, -0.2) is 27.7 Å². The number of hydrogen-bond acceptors (Lipinski definition) is 4. The quantitative estimate of drug-likeness (QED) is 0.807. The van der Waals surface area contributed by atoms with Crippen LogP contribution in [-0.2, 0) is 20.5 Å². The molecule has 0 saturated heterocycles. The number of hydrogen-bond donors (Lipinski definition) is 2. The van der Waals surface area contributed by atoms with Gasteiger partial charge in [-0.2, -0.15) is 0 Å². The molecule has 2 atom stereocenters. The predicted octanol–water partition coefficient (Wildman–Crippen LogP) is 1.50. The van der Waals surface area contributed by atoms with Crippen molar-refractivity contribution in [2.24, 2.45) is 5.41 Å². The fourth-order valence-electron chi connectivity index (χ4n) is 2.61. The zero-order chi connectivity index (χ0) is 15.0. The highest BCUT2D eigenvalue weighted by Crippen LogP contribution is 2.42. The second-order valence-electron chi connectivity index (χ2n) is 5.91. The van der Waals surface area contributed by atoms with Gasteiger partial charge in [-0.1, -0.05) is 32.0 Å². The van der Waals surface area contributed by atoms with Gasteiger partial charge in [-0.25, -0.2) is 13.1 Å². The third-order valence-electron chi connectivity index (χ3n) is 4.18. The van der Waals surface area contributed by atoms with Gasteiger partial charge in [0.15, 0.2) is 0 Å². The van der Waals surface area contributed by atoms with Crippen LogP contribution in [0.2, 0.25) is 0 Å². The summed E-state index contributed by atoms with van der Waals surface area (Å²) in [5.41, 5.74) is 6.73. The molecule has 0 aromatic heterocycles. The van der Waals surface area contributed by atoms with Gasteiger partial charge in [0.05, 0.1) is 11.9 Å². The Bertz CT molecular complexity index is 584. The second-order valence-corrected chi connectivity index (χ2v) is 7.66. The molecule has 1 fully saturated rings. The van der Waals surface area contributed by atoms with E-state index >= 15 is 0 Å². The smallest absolute Gasteiger partial charge is 0.216 e. The fraction of sp³-hybridized carbons (Fsp3) is 0.571. The van der Waals surface area contributed by atoms with Gasteiger partial charge in [-0.15, -0.1) is 0 Å². The molecule has 0 spiro atoms. The molecule has 0 bridgehead atoms. The first kappa shape index (κ1) is 15.3. The van der Waals surface area contributed by atoms with E-state index in [4.69, 9.17) is 10.5 Å². The minimum atomic E-state index is -3.41. The summed E-state index contributed by atoms with van der Waals surface area (Å²) in [6.45, 7) is 4.02. The van der Waals surface area contributed by atoms with Crippen molar-refractivity contribution in [1.29, 1.82) is 0 Å². The SMILES string of the molecule is COC1CC(NS(=O)(=O)Cc2ccccc2N)C1(C)C. The maximum Gasteiger partial charge on any atom is 0.216 e. The van der Waals surface area contributed by atoms with E-state index in [-0.39, 0.29) is 23.3 Å². The predicted molar refractivity (Wildman–Crippen MR) is 79.6 cm³/mol. The molecular weight excluding hydrogens is 276 g/mol. The minimum Gasteiger partial charge on any atom is -0.398 e. The Morgan fingerprint density at radius 2 is 2.05 bits per heavy atom. The van der Waals surface area contributed by atoms with E-state index in [0.29, 0.717) is 17.7 Å². The van der Waals surface area contributed by atoms with Gasteiger partial charge in [0, 0.05) is 24.3 Å². The lowest BCUT2D eigenvalue weighted by Gasteiger charge is -2.51. The van der Waals surface area contributed by atoms with Crippen molar-refractivity contribution in [1.82, 2.24) is 4.72 Å². The summed E-state index contributed by atoms with van der Waals surface area (Å²) < 4.78 is 32.5. The average Bonchev–Trinajstić information content (AvgIpc) is 2.36. The van der Waals surface area contributed by atoms with Crippen molar-refractivity contribution in [3.8, 4) is 0 Å². The molecule has 0 amide bonds. The van der Waals surface area contributed by atoms with Crippen molar-refractivity contribution < 1.29 is 13.2 Å². The Balaban J connectivity index is 2.05. The number of nitrogens with one attached hydrogen (secondary N) is 1. The number of sulfonamides is 1. The highest BCUT2D eigenvalue weighted by molar-refractivity contribution is 7.88. The summed E-state index contributed by atoms with van der Waals surface area (Å²) >= 11 is 0. The Morgan fingerprint density at radius 1 is 1.40 bits per heavy atom. The molecule has 1 aliphatic carbocycles. The van der Waals surface area contributed by atoms with Crippen LogP contribution in [0.15, 0.2) is 24.3 Å². The van der Waals surface area contributed by atoms with E-state index in [1.165, 1.54) is 0 Å². The summed E-state index contributed by atoms with van der Waals surface area (Å²) in [4.78, 5) is 0. The number of para-hydroxylation sites is 1. The topological polar surface area (TPSA) is 81.4 Å². The van der Waals surface area contributed by atoms with Crippen LogP contribution in [0.1, 0.15) is 25.8 Å². The lowest BCUT2D eigenvalue weighted by Crippen LogP contribution is -2.61. The maximum atomic E-state index is 12.2. The molecule has 0 heterocycles. The van der Waals surface area contributed by atoms with E-state index in [1.54, 1.807) is 31.4 Å². The van der Waals surface area contributed by atoms with Crippen LogP contribution < -0.4 is 10.5 Å². The summed E-state index contributed by atoms with van der Waals surface area (Å²) in [6.07, 6.45) is 0.796. The van der Waals surface area contributed by atoms with E-state index in [2.05, 4.69) is 4.72 Å². The summed E-state index contributed by atoms with van der Waals surface area (Å²) in [5.74, 6) is -0.0934. The van der Waals surface area contributed by atoms with Crippen LogP contribution in [0.25, 0.3) is 0 Å². The summed E-state index contributed by atoms with van der Waals surface area (Å²) in [6, 6.07) is 6.92. The zero-order valence-corrected chi connectivity index (χ0v) is 12.9. The first-order valence-electron chi connectivity index (χ1n) is 6.62. The molecule has 5 nitrogen and oxygen atoms in total. The number of methoxy groups -OCH3 is 1. The van der Waals surface area contributed by atoms with Gasteiger partial charge in [0.2, 0.25) is 10.0 Å². The van der Waals surface area contributed by atoms with Crippen molar-refractivity contribution in [2.75, 3.05) is 12.8 Å². The Hall–Kier alpha value is -1.11. The van der Waals surface area contributed by atoms with Gasteiger partial charge in [0.25, 0.3) is 0 Å². The molecular formula is C14H22N2O3S. The van der Waals surface area contributed by atoms with E-state index in [0.717, 1.165) is 0 Å². The molecule has 1 saturated carbocycles. The number of ether oxygens (including phenoxy) is 1. The van der Waals surface area contributed by atoms with E-state index < -0.39 is 10.0 Å². The molecule has 2 rings (SSSR count). The van der Waals surface area contributed by atoms with E-state index in [9.17, 15) is 8.42 Å². The number of benzene rings is 1. The van der Waals surface area contributed by atoms with Crippen molar-refractivity contribution in [2.45, 2.75) is 38.2 Å². The molecule has 0 aliphatic heterocycles. The van der Waals surface area contributed by atoms with Crippen molar-refractivity contribution >= 4 is 15.7 Å².